The van der Waals surface area contributed by atoms with Gasteiger partial charge in [-0.05, 0) is 84.5 Å². The number of imidazole rings is 2. The number of nitrogens with zero attached hydrogens (tertiary/aromatic N) is 4. The SMILES string of the molecule is COC(=O)N[C@H](C(=O)N1[C@@H]2C[C@@H]2C[C@H]1c1ncc(-c2ccc(-c3ccc(-c4cnc([C@@H]5C[C@H]6C[C@H]6N5C(=O)[C@@H](NC(=O)OC)C5CCOCC5)[nH]4)cc3)cc2)[nH]1)C(C)C. The molecule has 4 aromatic rings. The summed E-state index contributed by atoms with van der Waals surface area (Å²) in [5, 5.41) is 5.58. The van der Waals surface area contributed by atoms with Crippen LogP contribution in [-0.4, -0.2) is 105 Å². The number of benzene rings is 2. The van der Waals surface area contributed by atoms with Crippen molar-refractivity contribution in [2.75, 3.05) is 27.4 Å². The molecule has 5 aliphatic rings. The molecule has 5 fully saturated rings. The van der Waals surface area contributed by atoms with Crippen molar-refractivity contribution < 1.29 is 33.4 Å². The summed E-state index contributed by atoms with van der Waals surface area (Å²) < 4.78 is 15.2. The number of nitrogens with one attached hydrogen (secondary N) is 4. The predicted octanol–water partition coefficient (Wildman–Crippen LogP) is 5.99. The standard InChI is InChI=1S/C44H52N8O7/c1-23(2)37(49-43(55)57-3)41(53)51-33-17-29(33)19-35(51)39-45-21-31(47-39)26-9-5-24(6-10-26)25-7-11-27(12-8-25)32-22-46-40(48-32)36-20-30-18-34(30)52(36)42(54)38(50-44(56)58-4)28-13-15-59-16-14-28/h5-12,21-23,28-30,33-38H,13-20H2,1-4H3,(H,45,47)(H,46,48)(H,49,55)(H,50,56)/t29-,30-,33-,34-,35+,36+,37+,38+/m1/s1. The van der Waals surface area contributed by atoms with Gasteiger partial charge in [0.2, 0.25) is 11.8 Å². The van der Waals surface area contributed by atoms with Gasteiger partial charge >= 0.3 is 12.2 Å². The zero-order chi connectivity index (χ0) is 40.9. The van der Waals surface area contributed by atoms with Crippen LogP contribution in [-0.2, 0) is 23.8 Å². The number of hydrogen-bond acceptors (Lipinski definition) is 9. The molecule has 8 atom stereocenters. The fraction of sp³-hybridized carbons (Fsp3) is 0.500. The Kier molecular flexibility index (Phi) is 10.4. The van der Waals surface area contributed by atoms with E-state index in [1.807, 2.05) is 36.0 Å². The average molecular weight is 805 g/mol. The van der Waals surface area contributed by atoms with Gasteiger partial charge < -0.3 is 44.6 Å². The fourth-order valence-corrected chi connectivity index (χ4v) is 9.66. The van der Waals surface area contributed by atoms with Crippen molar-refractivity contribution >= 4 is 24.0 Å². The lowest BCUT2D eigenvalue weighted by molar-refractivity contribution is -0.138. The first-order valence-corrected chi connectivity index (χ1v) is 20.8. The number of methoxy groups -OCH3 is 2. The van der Waals surface area contributed by atoms with E-state index in [4.69, 9.17) is 24.2 Å². The molecule has 2 aromatic heterocycles. The van der Waals surface area contributed by atoms with Crippen molar-refractivity contribution in [3.05, 3.63) is 72.6 Å². The summed E-state index contributed by atoms with van der Waals surface area (Å²) in [5.74, 6) is 2.09. The van der Waals surface area contributed by atoms with Crippen LogP contribution < -0.4 is 10.6 Å². The van der Waals surface area contributed by atoms with Gasteiger partial charge in [-0.1, -0.05) is 62.4 Å². The highest BCUT2D eigenvalue weighted by Crippen LogP contribution is 2.54. The Labute approximate surface area is 343 Å². The number of amides is 4. The highest BCUT2D eigenvalue weighted by molar-refractivity contribution is 5.88. The Balaban J connectivity index is 0.862. The van der Waals surface area contributed by atoms with E-state index in [-0.39, 0.29) is 47.8 Å². The smallest absolute Gasteiger partial charge is 0.407 e. The van der Waals surface area contributed by atoms with Crippen LogP contribution in [0, 0.1) is 23.7 Å². The second kappa shape index (κ2) is 15.8. The molecule has 0 unspecified atom stereocenters. The minimum atomic E-state index is -0.678. The van der Waals surface area contributed by atoms with E-state index in [2.05, 4.69) is 69.1 Å². The molecule has 2 saturated carbocycles. The minimum Gasteiger partial charge on any atom is -0.453 e. The van der Waals surface area contributed by atoms with Gasteiger partial charge in [-0.2, -0.15) is 0 Å². The van der Waals surface area contributed by atoms with Crippen molar-refractivity contribution in [1.29, 1.82) is 0 Å². The molecule has 9 rings (SSSR count). The predicted molar refractivity (Wildman–Crippen MR) is 216 cm³/mol. The van der Waals surface area contributed by atoms with Gasteiger partial charge in [0.15, 0.2) is 0 Å². The maximum atomic E-state index is 14.2. The summed E-state index contributed by atoms with van der Waals surface area (Å²) in [6, 6.07) is 15.2. The molecule has 3 aliphatic heterocycles. The summed E-state index contributed by atoms with van der Waals surface area (Å²) >= 11 is 0. The summed E-state index contributed by atoms with van der Waals surface area (Å²) in [6.45, 7) is 4.97. The number of aromatic nitrogens is 4. The number of carbonyl (C=O) groups excluding carboxylic acids is 4. The van der Waals surface area contributed by atoms with Crippen molar-refractivity contribution in [2.24, 2.45) is 23.7 Å². The van der Waals surface area contributed by atoms with E-state index in [9.17, 15) is 19.2 Å². The van der Waals surface area contributed by atoms with E-state index < -0.39 is 24.3 Å². The molecular formula is C44H52N8O7. The first-order valence-electron chi connectivity index (χ1n) is 20.8. The van der Waals surface area contributed by atoms with E-state index in [1.54, 1.807) is 0 Å². The Morgan fingerprint density at radius 2 is 1.14 bits per heavy atom. The topological polar surface area (TPSA) is 184 Å². The van der Waals surface area contributed by atoms with Gasteiger partial charge in [0.25, 0.3) is 0 Å². The average Bonchev–Trinajstić information content (AvgIpc) is 3.85. The zero-order valence-corrected chi connectivity index (χ0v) is 33.9. The van der Waals surface area contributed by atoms with E-state index in [0.29, 0.717) is 37.9 Å². The van der Waals surface area contributed by atoms with Crippen LogP contribution >= 0.6 is 0 Å². The van der Waals surface area contributed by atoms with E-state index in [0.717, 1.165) is 71.0 Å². The normalized spacial score (nSPS) is 25.5. The highest BCUT2D eigenvalue weighted by Gasteiger charge is 2.57. The third-order valence-electron chi connectivity index (χ3n) is 13.1. The minimum absolute atomic E-state index is 0.0195. The Morgan fingerprint density at radius 3 is 1.61 bits per heavy atom. The van der Waals surface area contributed by atoms with Crippen LogP contribution in [0.2, 0.25) is 0 Å². The van der Waals surface area contributed by atoms with Crippen LogP contribution in [0.25, 0.3) is 33.6 Å². The van der Waals surface area contributed by atoms with Gasteiger partial charge in [0, 0.05) is 25.3 Å². The number of ether oxygens (including phenoxy) is 3. The van der Waals surface area contributed by atoms with Crippen LogP contribution in [0.5, 0.6) is 0 Å². The monoisotopic (exact) mass is 804 g/mol. The first-order chi connectivity index (χ1) is 28.6. The number of fused-ring (bicyclic) bond motifs is 2. The van der Waals surface area contributed by atoms with Crippen molar-refractivity contribution in [2.45, 2.75) is 88.6 Å². The van der Waals surface area contributed by atoms with Crippen LogP contribution in [0.15, 0.2) is 60.9 Å². The van der Waals surface area contributed by atoms with Crippen LogP contribution in [0.4, 0.5) is 9.59 Å². The van der Waals surface area contributed by atoms with Crippen molar-refractivity contribution in [3.63, 3.8) is 0 Å². The molecule has 0 radical (unpaired) electrons. The maximum Gasteiger partial charge on any atom is 0.407 e. The first kappa shape index (κ1) is 38.8. The van der Waals surface area contributed by atoms with Crippen molar-refractivity contribution in [1.82, 2.24) is 40.4 Å². The number of carbonyl (C=O) groups is 4. The van der Waals surface area contributed by atoms with Crippen LogP contribution in [0.3, 0.4) is 0 Å². The Hall–Kier alpha value is -5.70. The molecule has 59 heavy (non-hydrogen) atoms. The van der Waals surface area contributed by atoms with Gasteiger partial charge in [-0.3, -0.25) is 9.59 Å². The quantitative estimate of drug-likeness (QED) is 0.142. The molecule has 15 nitrogen and oxygen atoms in total. The molecule has 4 amide bonds. The molecule has 0 bridgehead atoms. The molecule has 15 heteroatoms. The van der Waals surface area contributed by atoms with Crippen molar-refractivity contribution in [3.8, 4) is 33.6 Å². The number of aromatic amines is 2. The molecule has 0 spiro atoms. The lowest BCUT2D eigenvalue weighted by Gasteiger charge is -2.35. The molecular weight excluding hydrogens is 753 g/mol. The zero-order valence-electron chi connectivity index (χ0n) is 33.9. The molecule has 5 heterocycles. The number of rotatable bonds is 11. The highest BCUT2D eigenvalue weighted by atomic mass is 16.5. The Bertz CT molecular complexity index is 2200. The summed E-state index contributed by atoms with van der Waals surface area (Å²) in [6.07, 6.45) is 7.47. The summed E-state index contributed by atoms with van der Waals surface area (Å²) in [7, 11) is 2.62. The second-order valence-electron chi connectivity index (χ2n) is 17.1. The van der Waals surface area contributed by atoms with Gasteiger partial charge in [0.1, 0.15) is 23.7 Å². The summed E-state index contributed by atoms with van der Waals surface area (Å²) in [5.41, 5.74) is 5.85. The fourth-order valence-electron chi connectivity index (χ4n) is 9.66. The maximum absolute atomic E-state index is 14.2. The summed E-state index contributed by atoms with van der Waals surface area (Å²) in [4.78, 5) is 72.8. The number of alkyl carbamates (subject to hydrolysis) is 2. The lowest BCUT2D eigenvalue weighted by atomic mass is 9.90. The van der Waals surface area contributed by atoms with E-state index in [1.165, 1.54) is 14.2 Å². The largest absolute Gasteiger partial charge is 0.453 e. The molecule has 2 aliphatic carbocycles. The van der Waals surface area contributed by atoms with Gasteiger partial charge in [0.05, 0.1) is 50.1 Å². The Morgan fingerprint density at radius 1 is 0.678 bits per heavy atom. The molecule has 310 valence electrons. The van der Waals surface area contributed by atoms with E-state index >= 15 is 0 Å². The van der Waals surface area contributed by atoms with Gasteiger partial charge in [-0.25, -0.2) is 19.6 Å². The van der Waals surface area contributed by atoms with Gasteiger partial charge in [-0.15, -0.1) is 0 Å². The number of hydrogen-bond donors (Lipinski definition) is 4. The lowest BCUT2D eigenvalue weighted by Crippen LogP contribution is -2.54. The third kappa shape index (κ3) is 7.56. The number of piperidine rings is 2. The molecule has 2 aromatic carbocycles. The number of H-pyrrole nitrogens is 2. The third-order valence-corrected chi connectivity index (χ3v) is 13.1. The second-order valence-corrected chi connectivity index (χ2v) is 17.1. The number of likely N-dealkylation sites (tertiary alicyclic amines) is 2. The van der Waals surface area contributed by atoms with Crippen LogP contribution in [0.1, 0.15) is 76.1 Å². The molecule has 3 saturated heterocycles. The molecule has 4 N–H and O–H groups in total.